The lowest BCUT2D eigenvalue weighted by atomic mass is 10.2. The number of nitrogens with one attached hydrogen (secondary N) is 1. The normalized spacial score (nSPS) is 17.5. The second-order valence-electron chi connectivity index (χ2n) is 4.09. The fourth-order valence-electron chi connectivity index (χ4n) is 1.05. The lowest BCUT2D eigenvalue weighted by Gasteiger charge is -2.35. The van der Waals surface area contributed by atoms with E-state index in [9.17, 15) is 48.3 Å². The summed E-state index contributed by atoms with van der Waals surface area (Å²) in [7, 11) is 0. The van der Waals surface area contributed by atoms with E-state index in [1.807, 2.05) is 0 Å². The number of halogens is 11. The van der Waals surface area contributed by atoms with Crippen molar-refractivity contribution in [3.63, 3.8) is 0 Å². The molecule has 13 heteroatoms. The molecule has 2 nitrogen and oxygen atoms in total. The van der Waals surface area contributed by atoms with Gasteiger partial charge in [0.25, 0.3) is 0 Å². The minimum atomic E-state index is -7.02. The molecule has 0 rings (SSSR count). The molecule has 1 unspecified atom stereocenters. The number of hydrogen-bond acceptors (Lipinski definition) is 2. The minimum absolute atomic E-state index is 0.100. The molecule has 0 aliphatic carbocycles. The molecule has 0 aromatic heterocycles. The Balaban J connectivity index is 5.47. The van der Waals surface area contributed by atoms with E-state index in [1.54, 1.807) is 5.32 Å². The highest BCUT2D eigenvalue weighted by molar-refractivity contribution is 4.90. The molecule has 134 valence electrons. The van der Waals surface area contributed by atoms with E-state index >= 15 is 0 Å². The van der Waals surface area contributed by atoms with Gasteiger partial charge < -0.3 is 5.32 Å². The molecule has 1 N–H and O–H groups in total. The first-order valence-electron chi connectivity index (χ1n) is 5.50. The fraction of sp³-hybridized carbons (Fsp3) is 1.00. The maximum atomic E-state index is 13.4. The first kappa shape index (κ1) is 21.1. The van der Waals surface area contributed by atoms with Gasteiger partial charge in [-0.15, -0.1) is 0 Å². The molecule has 0 fully saturated rings. The lowest BCUT2D eigenvalue weighted by molar-refractivity contribution is -0.481. The van der Waals surface area contributed by atoms with Crippen molar-refractivity contribution in [1.82, 2.24) is 5.32 Å². The molecule has 0 radical (unpaired) electrons. The van der Waals surface area contributed by atoms with E-state index < -0.39 is 36.8 Å². The van der Waals surface area contributed by atoms with Crippen molar-refractivity contribution in [3.8, 4) is 0 Å². The second kappa shape index (κ2) is 6.34. The maximum absolute atomic E-state index is 13.4. The standard InChI is InChI=1S/C9H10F11NO/c1-2-3-21-4-5(10,7(13,14)15)22-9(19,20)6(11,12)8(16,17)18/h21H,2-4H2,1H3. The minimum Gasteiger partial charge on any atom is -0.311 e. The Morgan fingerprint density at radius 3 is 1.55 bits per heavy atom. The van der Waals surface area contributed by atoms with Gasteiger partial charge in [0.2, 0.25) is 0 Å². The first-order valence-corrected chi connectivity index (χ1v) is 5.50. The highest BCUT2D eigenvalue weighted by Gasteiger charge is 2.78. The van der Waals surface area contributed by atoms with Crippen LogP contribution in [0.1, 0.15) is 13.3 Å². The van der Waals surface area contributed by atoms with Crippen molar-refractivity contribution in [2.24, 2.45) is 0 Å². The summed E-state index contributed by atoms with van der Waals surface area (Å²) in [5.74, 6) is -12.5. The van der Waals surface area contributed by atoms with Crippen molar-refractivity contribution in [2.75, 3.05) is 13.1 Å². The van der Waals surface area contributed by atoms with Gasteiger partial charge in [-0.3, -0.25) is 4.74 Å². The molecule has 0 aromatic rings. The van der Waals surface area contributed by atoms with Crippen LogP contribution in [0.2, 0.25) is 0 Å². The molecule has 0 bridgehead atoms. The van der Waals surface area contributed by atoms with Crippen molar-refractivity contribution >= 4 is 0 Å². The quantitative estimate of drug-likeness (QED) is 0.549. The Morgan fingerprint density at radius 1 is 0.773 bits per heavy atom. The van der Waals surface area contributed by atoms with Crippen molar-refractivity contribution in [1.29, 1.82) is 0 Å². The summed E-state index contributed by atoms with van der Waals surface area (Å²) in [6.07, 6.45) is -19.9. The van der Waals surface area contributed by atoms with E-state index in [4.69, 9.17) is 0 Å². The zero-order valence-electron chi connectivity index (χ0n) is 10.7. The average Bonchev–Trinajstić information content (AvgIpc) is 2.25. The number of rotatable bonds is 7. The SMILES string of the molecule is CCCNCC(F)(OC(F)(F)C(F)(F)C(F)(F)F)C(F)(F)F. The van der Waals surface area contributed by atoms with E-state index in [0.717, 1.165) is 0 Å². The van der Waals surface area contributed by atoms with E-state index in [1.165, 1.54) is 6.92 Å². The third kappa shape index (κ3) is 4.33. The van der Waals surface area contributed by atoms with E-state index in [-0.39, 0.29) is 13.0 Å². The van der Waals surface area contributed by atoms with Gasteiger partial charge in [0.05, 0.1) is 6.54 Å². The smallest absolute Gasteiger partial charge is 0.311 e. The van der Waals surface area contributed by atoms with E-state index in [0.29, 0.717) is 0 Å². The molecule has 0 spiro atoms. The van der Waals surface area contributed by atoms with Crippen LogP contribution in [0.25, 0.3) is 0 Å². The molecular weight excluding hydrogens is 347 g/mol. The third-order valence-corrected chi connectivity index (χ3v) is 2.21. The van der Waals surface area contributed by atoms with Crippen LogP contribution in [-0.2, 0) is 4.74 Å². The van der Waals surface area contributed by atoms with E-state index in [2.05, 4.69) is 4.74 Å². The number of ether oxygens (including phenoxy) is 1. The molecule has 0 amide bonds. The monoisotopic (exact) mass is 357 g/mol. The molecule has 0 aromatic carbocycles. The molecular formula is C9H10F11NO. The van der Waals surface area contributed by atoms with Gasteiger partial charge in [0.15, 0.2) is 0 Å². The summed E-state index contributed by atoms with van der Waals surface area (Å²) in [5.41, 5.74) is 0. The van der Waals surface area contributed by atoms with Crippen LogP contribution in [-0.4, -0.2) is 43.3 Å². The highest BCUT2D eigenvalue weighted by Crippen LogP contribution is 2.50. The Morgan fingerprint density at radius 2 is 1.23 bits per heavy atom. The van der Waals surface area contributed by atoms with Crippen LogP contribution < -0.4 is 5.32 Å². The van der Waals surface area contributed by atoms with Crippen LogP contribution in [0.3, 0.4) is 0 Å². The Labute approximate surface area is 116 Å². The van der Waals surface area contributed by atoms with Gasteiger partial charge >= 0.3 is 30.2 Å². The van der Waals surface area contributed by atoms with Gasteiger partial charge in [0, 0.05) is 0 Å². The lowest BCUT2D eigenvalue weighted by Crippen LogP contribution is -2.61. The molecule has 0 aliphatic rings. The predicted molar refractivity (Wildman–Crippen MR) is 50.1 cm³/mol. The second-order valence-corrected chi connectivity index (χ2v) is 4.09. The van der Waals surface area contributed by atoms with Crippen LogP contribution in [0.4, 0.5) is 48.3 Å². The fourth-order valence-corrected chi connectivity index (χ4v) is 1.05. The largest absolute Gasteiger partial charge is 0.462 e. The van der Waals surface area contributed by atoms with Crippen LogP contribution in [0.5, 0.6) is 0 Å². The van der Waals surface area contributed by atoms with Gasteiger partial charge in [-0.25, -0.2) is 4.39 Å². The van der Waals surface area contributed by atoms with Gasteiger partial charge in [0.1, 0.15) is 0 Å². The van der Waals surface area contributed by atoms with Gasteiger partial charge in [-0.05, 0) is 13.0 Å². The zero-order chi connectivity index (χ0) is 18.0. The van der Waals surface area contributed by atoms with Crippen LogP contribution >= 0.6 is 0 Å². The highest BCUT2D eigenvalue weighted by atomic mass is 19.4. The van der Waals surface area contributed by atoms with Gasteiger partial charge in [-0.1, -0.05) is 6.92 Å². The summed E-state index contributed by atoms with van der Waals surface area (Å²) >= 11 is 0. The van der Waals surface area contributed by atoms with Crippen LogP contribution in [0.15, 0.2) is 0 Å². The first-order chi connectivity index (χ1) is 9.52. The van der Waals surface area contributed by atoms with Crippen molar-refractivity contribution in [2.45, 2.75) is 43.6 Å². The molecule has 22 heavy (non-hydrogen) atoms. The predicted octanol–water partition coefficient (Wildman–Crippen LogP) is 4.02. The molecule has 0 aliphatic heterocycles. The Hall–Kier alpha value is -0.850. The summed E-state index contributed by atoms with van der Waals surface area (Å²) < 4.78 is 139. The molecule has 0 heterocycles. The molecule has 0 saturated carbocycles. The Bertz CT molecular complexity index is 364. The number of hydrogen-bond donors (Lipinski definition) is 1. The molecule has 0 saturated heterocycles. The van der Waals surface area contributed by atoms with Crippen molar-refractivity contribution < 1.29 is 53.0 Å². The molecule has 1 atom stereocenters. The average molecular weight is 357 g/mol. The summed E-state index contributed by atoms with van der Waals surface area (Å²) in [4.78, 5) is 0. The third-order valence-electron chi connectivity index (χ3n) is 2.21. The zero-order valence-corrected chi connectivity index (χ0v) is 10.7. The maximum Gasteiger partial charge on any atom is 0.462 e. The number of alkyl halides is 11. The topological polar surface area (TPSA) is 21.3 Å². The van der Waals surface area contributed by atoms with Crippen molar-refractivity contribution in [3.05, 3.63) is 0 Å². The summed E-state index contributed by atoms with van der Waals surface area (Å²) in [6, 6.07) is 0. The summed E-state index contributed by atoms with van der Waals surface area (Å²) in [5, 5.41) is 1.62. The van der Waals surface area contributed by atoms with Crippen LogP contribution in [0, 0.1) is 0 Å². The van der Waals surface area contributed by atoms with Gasteiger partial charge in [-0.2, -0.15) is 43.9 Å². The Kier molecular flexibility index (Phi) is 6.09. The summed E-state index contributed by atoms with van der Waals surface area (Å²) in [6.45, 7) is -1.06.